The molecule has 0 atom stereocenters. The van der Waals surface area contributed by atoms with Gasteiger partial charge in [-0.15, -0.1) is 0 Å². The molecule has 0 amide bonds. The number of nitrogens with one attached hydrogen (secondary N) is 1. The van der Waals surface area contributed by atoms with Crippen LogP contribution < -0.4 is 5.32 Å². The standard InChI is InChI=1S/C12H15FN2O4S/c1-8-6-9(7-10(11(8)13)12(16)17)20(18,19)15-4-2-14-3-5-15/h6-7,14H,2-5H2,1H3,(H,16,17). The minimum Gasteiger partial charge on any atom is -0.478 e. The molecule has 1 aliphatic heterocycles. The summed E-state index contributed by atoms with van der Waals surface area (Å²) in [5, 5.41) is 12.0. The predicted octanol–water partition coefficient (Wildman–Crippen LogP) is 0.426. The van der Waals surface area contributed by atoms with Crippen LogP contribution in [0.3, 0.4) is 0 Å². The Balaban J connectivity index is 2.49. The Labute approximate surface area is 116 Å². The molecule has 110 valence electrons. The third-order valence-corrected chi connectivity index (χ3v) is 5.05. The van der Waals surface area contributed by atoms with Crippen LogP contribution in [0.5, 0.6) is 0 Å². The first-order valence-corrected chi connectivity index (χ1v) is 7.52. The maximum Gasteiger partial charge on any atom is 0.338 e. The molecule has 0 unspecified atom stereocenters. The number of sulfonamides is 1. The fourth-order valence-electron chi connectivity index (χ4n) is 2.07. The topological polar surface area (TPSA) is 86.7 Å². The van der Waals surface area contributed by atoms with Gasteiger partial charge in [-0.2, -0.15) is 4.31 Å². The van der Waals surface area contributed by atoms with Gasteiger partial charge in [0, 0.05) is 26.2 Å². The number of hydrogen-bond acceptors (Lipinski definition) is 4. The molecule has 1 fully saturated rings. The van der Waals surface area contributed by atoms with E-state index in [4.69, 9.17) is 5.11 Å². The molecule has 0 saturated carbocycles. The molecule has 1 aliphatic rings. The summed E-state index contributed by atoms with van der Waals surface area (Å²) in [6, 6.07) is 2.04. The molecule has 0 spiro atoms. The number of rotatable bonds is 3. The highest BCUT2D eigenvalue weighted by molar-refractivity contribution is 7.89. The first kappa shape index (κ1) is 14.9. The van der Waals surface area contributed by atoms with Crippen LogP contribution in [0.15, 0.2) is 17.0 Å². The summed E-state index contributed by atoms with van der Waals surface area (Å²) >= 11 is 0. The van der Waals surface area contributed by atoms with Crippen LogP contribution in [0.4, 0.5) is 4.39 Å². The highest BCUT2D eigenvalue weighted by Crippen LogP contribution is 2.22. The molecule has 1 aromatic rings. The van der Waals surface area contributed by atoms with Crippen LogP contribution in [-0.2, 0) is 10.0 Å². The smallest absolute Gasteiger partial charge is 0.338 e. The van der Waals surface area contributed by atoms with Gasteiger partial charge in [-0.1, -0.05) is 0 Å². The van der Waals surface area contributed by atoms with Gasteiger partial charge >= 0.3 is 5.97 Å². The quantitative estimate of drug-likeness (QED) is 0.845. The van der Waals surface area contributed by atoms with Crippen molar-refractivity contribution < 1.29 is 22.7 Å². The summed E-state index contributed by atoms with van der Waals surface area (Å²) in [5.74, 6) is -2.39. The average Bonchev–Trinajstić information content (AvgIpc) is 2.42. The second-order valence-corrected chi connectivity index (χ2v) is 6.50. The molecule has 2 N–H and O–H groups in total. The van der Waals surface area contributed by atoms with Gasteiger partial charge < -0.3 is 10.4 Å². The zero-order valence-electron chi connectivity index (χ0n) is 10.9. The molecule has 8 heteroatoms. The normalized spacial score (nSPS) is 17.1. The van der Waals surface area contributed by atoms with Gasteiger partial charge in [0.05, 0.1) is 10.5 Å². The van der Waals surface area contributed by atoms with Crippen LogP contribution in [0.25, 0.3) is 0 Å². The van der Waals surface area contributed by atoms with Crippen molar-refractivity contribution in [2.24, 2.45) is 0 Å². The zero-order chi connectivity index (χ0) is 14.9. The molecular weight excluding hydrogens is 287 g/mol. The largest absolute Gasteiger partial charge is 0.478 e. The summed E-state index contributed by atoms with van der Waals surface area (Å²) in [6.45, 7) is 3.03. The van der Waals surface area contributed by atoms with Gasteiger partial charge in [0.15, 0.2) is 0 Å². The number of piperazine rings is 1. The van der Waals surface area contributed by atoms with Crippen LogP contribution in [0.1, 0.15) is 15.9 Å². The van der Waals surface area contributed by atoms with Crippen molar-refractivity contribution in [3.05, 3.63) is 29.1 Å². The highest BCUT2D eigenvalue weighted by atomic mass is 32.2. The Morgan fingerprint density at radius 1 is 1.35 bits per heavy atom. The van der Waals surface area contributed by atoms with Crippen LogP contribution in [0, 0.1) is 12.7 Å². The lowest BCUT2D eigenvalue weighted by Gasteiger charge is -2.26. The Kier molecular flexibility index (Phi) is 4.07. The minimum atomic E-state index is -3.79. The van der Waals surface area contributed by atoms with Crippen molar-refractivity contribution in [1.29, 1.82) is 0 Å². The molecule has 1 aromatic carbocycles. The molecular formula is C12H15FN2O4S. The van der Waals surface area contributed by atoms with E-state index in [1.165, 1.54) is 17.3 Å². The van der Waals surface area contributed by atoms with Crippen molar-refractivity contribution in [2.45, 2.75) is 11.8 Å². The Hall–Kier alpha value is -1.51. The number of carboxylic acid groups (broad SMARTS) is 1. The number of carboxylic acids is 1. The van der Waals surface area contributed by atoms with Crippen molar-refractivity contribution in [2.75, 3.05) is 26.2 Å². The Morgan fingerprint density at radius 3 is 2.50 bits per heavy atom. The summed E-state index contributed by atoms with van der Waals surface area (Å²) in [7, 11) is -3.79. The van der Waals surface area contributed by atoms with E-state index in [0.29, 0.717) is 26.2 Å². The van der Waals surface area contributed by atoms with E-state index in [1.807, 2.05) is 0 Å². The van der Waals surface area contributed by atoms with E-state index < -0.39 is 27.4 Å². The van der Waals surface area contributed by atoms with Crippen molar-refractivity contribution in [3.63, 3.8) is 0 Å². The second-order valence-electron chi connectivity index (χ2n) is 4.56. The average molecular weight is 302 g/mol. The lowest BCUT2D eigenvalue weighted by atomic mass is 10.1. The third kappa shape index (κ3) is 2.67. The molecule has 6 nitrogen and oxygen atoms in total. The molecule has 0 aromatic heterocycles. The number of aryl methyl sites for hydroxylation is 1. The van der Waals surface area contributed by atoms with E-state index in [2.05, 4.69) is 5.32 Å². The van der Waals surface area contributed by atoms with Crippen LogP contribution in [-0.4, -0.2) is 50.0 Å². The summed E-state index contributed by atoms with van der Waals surface area (Å²) in [6.07, 6.45) is 0. The Bertz CT molecular complexity index is 639. The van der Waals surface area contributed by atoms with E-state index in [1.54, 1.807) is 0 Å². The maximum absolute atomic E-state index is 13.7. The van der Waals surface area contributed by atoms with Crippen molar-refractivity contribution >= 4 is 16.0 Å². The van der Waals surface area contributed by atoms with Crippen LogP contribution in [0.2, 0.25) is 0 Å². The van der Waals surface area contributed by atoms with Gasteiger partial charge in [-0.25, -0.2) is 17.6 Å². The Morgan fingerprint density at radius 2 is 1.95 bits per heavy atom. The molecule has 2 rings (SSSR count). The van der Waals surface area contributed by atoms with Crippen LogP contribution >= 0.6 is 0 Å². The monoisotopic (exact) mass is 302 g/mol. The van der Waals surface area contributed by atoms with Crippen molar-refractivity contribution in [3.8, 4) is 0 Å². The number of carbonyl (C=O) groups is 1. The van der Waals surface area contributed by atoms with Gasteiger partial charge in [0.25, 0.3) is 0 Å². The lowest BCUT2D eigenvalue weighted by molar-refractivity contribution is 0.0691. The highest BCUT2D eigenvalue weighted by Gasteiger charge is 2.28. The number of halogens is 1. The molecule has 1 saturated heterocycles. The molecule has 1 heterocycles. The van der Waals surface area contributed by atoms with E-state index in [-0.39, 0.29) is 10.5 Å². The first-order chi connectivity index (χ1) is 9.34. The fraction of sp³-hybridized carbons (Fsp3) is 0.417. The van der Waals surface area contributed by atoms with Gasteiger partial charge in [-0.3, -0.25) is 0 Å². The molecule has 0 aliphatic carbocycles. The van der Waals surface area contributed by atoms with Crippen molar-refractivity contribution in [1.82, 2.24) is 9.62 Å². The number of benzene rings is 1. The molecule has 20 heavy (non-hydrogen) atoms. The maximum atomic E-state index is 13.7. The second kappa shape index (κ2) is 5.47. The summed E-state index contributed by atoms with van der Waals surface area (Å²) in [5.41, 5.74) is -0.627. The number of hydrogen-bond donors (Lipinski definition) is 2. The van der Waals surface area contributed by atoms with Gasteiger partial charge in [-0.05, 0) is 24.6 Å². The fourth-order valence-corrected chi connectivity index (χ4v) is 3.63. The SMILES string of the molecule is Cc1cc(S(=O)(=O)N2CCNCC2)cc(C(=O)O)c1F. The lowest BCUT2D eigenvalue weighted by Crippen LogP contribution is -2.46. The predicted molar refractivity (Wildman–Crippen MR) is 69.7 cm³/mol. The van der Waals surface area contributed by atoms with Gasteiger partial charge in [0.2, 0.25) is 10.0 Å². The molecule has 0 radical (unpaired) electrons. The third-order valence-electron chi connectivity index (χ3n) is 3.17. The number of nitrogens with zero attached hydrogens (tertiary/aromatic N) is 1. The first-order valence-electron chi connectivity index (χ1n) is 6.08. The summed E-state index contributed by atoms with van der Waals surface area (Å²) < 4.78 is 39.7. The number of aromatic carboxylic acids is 1. The van der Waals surface area contributed by atoms with E-state index >= 15 is 0 Å². The zero-order valence-corrected chi connectivity index (χ0v) is 11.7. The minimum absolute atomic E-state index is 0.00129. The molecule has 0 bridgehead atoms. The van der Waals surface area contributed by atoms with E-state index in [0.717, 1.165) is 6.07 Å². The van der Waals surface area contributed by atoms with Gasteiger partial charge in [0.1, 0.15) is 5.82 Å². The summed E-state index contributed by atoms with van der Waals surface area (Å²) in [4.78, 5) is 10.8. The van der Waals surface area contributed by atoms with E-state index in [9.17, 15) is 17.6 Å².